The molecular formula is C14H17F2N3O. The predicted molar refractivity (Wildman–Crippen MR) is 72.2 cm³/mol. The van der Waals surface area contributed by atoms with Crippen LogP contribution in [0.2, 0.25) is 0 Å². The molecule has 6 heteroatoms. The van der Waals surface area contributed by atoms with Crippen LogP contribution in [0.5, 0.6) is 0 Å². The molecule has 0 bridgehead atoms. The van der Waals surface area contributed by atoms with Crippen LogP contribution in [0, 0.1) is 11.6 Å². The van der Waals surface area contributed by atoms with Gasteiger partial charge in [0.15, 0.2) is 11.5 Å². The second-order valence-corrected chi connectivity index (χ2v) is 5.99. The van der Waals surface area contributed by atoms with Crippen LogP contribution >= 0.6 is 0 Å². The maximum absolute atomic E-state index is 13.9. The summed E-state index contributed by atoms with van der Waals surface area (Å²) in [7, 11) is 0. The molecule has 0 saturated carbocycles. The molecule has 1 amide bonds. The standard InChI is InChI=1S/C14H17F2N3O/c1-13(2,3)18-12-17-11(20)14(4,19-12)9-7-8(15)5-6-10(9)16/h5-7H,1-4H3,(H2,17,18,19,20). The van der Waals surface area contributed by atoms with E-state index in [-0.39, 0.29) is 17.1 Å². The van der Waals surface area contributed by atoms with Gasteiger partial charge in [-0.05, 0) is 45.9 Å². The van der Waals surface area contributed by atoms with E-state index in [0.29, 0.717) is 0 Å². The van der Waals surface area contributed by atoms with Gasteiger partial charge in [0, 0.05) is 11.1 Å². The molecule has 0 aliphatic carbocycles. The van der Waals surface area contributed by atoms with Crippen LogP contribution in [0.3, 0.4) is 0 Å². The third-order valence-corrected chi connectivity index (χ3v) is 2.96. The molecule has 1 unspecified atom stereocenters. The predicted octanol–water partition coefficient (Wildman–Crippen LogP) is 2.05. The first-order valence-corrected chi connectivity index (χ1v) is 6.27. The first-order valence-electron chi connectivity index (χ1n) is 6.27. The minimum Gasteiger partial charge on any atom is -0.351 e. The van der Waals surface area contributed by atoms with E-state index in [9.17, 15) is 13.6 Å². The van der Waals surface area contributed by atoms with Gasteiger partial charge in [-0.2, -0.15) is 0 Å². The van der Waals surface area contributed by atoms with Gasteiger partial charge in [-0.3, -0.25) is 10.1 Å². The lowest BCUT2D eigenvalue weighted by molar-refractivity contribution is -0.123. The van der Waals surface area contributed by atoms with Gasteiger partial charge in [-0.15, -0.1) is 0 Å². The highest BCUT2D eigenvalue weighted by molar-refractivity contribution is 6.07. The van der Waals surface area contributed by atoms with Crippen molar-refractivity contribution in [1.82, 2.24) is 10.6 Å². The third kappa shape index (κ3) is 2.64. The van der Waals surface area contributed by atoms with Gasteiger partial charge in [0.1, 0.15) is 11.6 Å². The fraction of sp³-hybridized carbons (Fsp3) is 0.429. The second kappa shape index (κ2) is 4.54. The highest BCUT2D eigenvalue weighted by atomic mass is 19.1. The van der Waals surface area contributed by atoms with Gasteiger partial charge < -0.3 is 5.32 Å². The van der Waals surface area contributed by atoms with Gasteiger partial charge in [0.05, 0.1) is 0 Å². The fourth-order valence-corrected chi connectivity index (χ4v) is 2.00. The molecule has 1 aromatic carbocycles. The van der Waals surface area contributed by atoms with Gasteiger partial charge >= 0.3 is 0 Å². The van der Waals surface area contributed by atoms with E-state index in [1.807, 2.05) is 20.8 Å². The Balaban J connectivity index is 2.43. The van der Waals surface area contributed by atoms with E-state index in [4.69, 9.17) is 0 Å². The Hall–Kier alpha value is -1.98. The number of carbonyl (C=O) groups is 1. The van der Waals surface area contributed by atoms with E-state index >= 15 is 0 Å². The maximum Gasteiger partial charge on any atom is 0.259 e. The van der Waals surface area contributed by atoms with Crippen molar-refractivity contribution in [2.45, 2.75) is 38.8 Å². The Bertz CT molecular complexity index is 593. The summed E-state index contributed by atoms with van der Waals surface area (Å²) in [6.45, 7) is 7.16. The summed E-state index contributed by atoms with van der Waals surface area (Å²) in [5.74, 6) is -1.50. The zero-order chi connectivity index (χ0) is 15.1. The normalized spacial score (nSPS) is 22.5. The summed E-state index contributed by atoms with van der Waals surface area (Å²) in [4.78, 5) is 16.3. The molecule has 0 aromatic heterocycles. The van der Waals surface area contributed by atoms with Crippen molar-refractivity contribution in [3.8, 4) is 0 Å². The lowest BCUT2D eigenvalue weighted by atomic mass is 9.92. The van der Waals surface area contributed by atoms with Crippen molar-refractivity contribution in [2.75, 3.05) is 0 Å². The maximum atomic E-state index is 13.9. The van der Waals surface area contributed by atoms with Crippen LogP contribution in [0.1, 0.15) is 33.3 Å². The number of nitrogens with zero attached hydrogens (tertiary/aromatic N) is 1. The number of nitrogens with one attached hydrogen (secondary N) is 2. The number of benzene rings is 1. The summed E-state index contributed by atoms with van der Waals surface area (Å²) in [6, 6.07) is 3.00. The van der Waals surface area contributed by atoms with E-state index < -0.39 is 23.1 Å². The average molecular weight is 281 g/mol. The van der Waals surface area contributed by atoms with E-state index in [1.165, 1.54) is 6.92 Å². The molecule has 1 heterocycles. The number of aliphatic imine (C=N–C) groups is 1. The molecule has 108 valence electrons. The van der Waals surface area contributed by atoms with Gasteiger partial charge in [0.25, 0.3) is 5.91 Å². The molecule has 1 aliphatic rings. The summed E-state index contributed by atoms with van der Waals surface area (Å²) in [5, 5.41) is 5.57. The minimum atomic E-state index is -1.47. The molecule has 0 radical (unpaired) electrons. The van der Waals surface area contributed by atoms with Crippen LogP contribution in [0.15, 0.2) is 23.2 Å². The summed E-state index contributed by atoms with van der Waals surface area (Å²) < 4.78 is 27.2. The Morgan fingerprint density at radius 1 is 1.30 bits per heavy atom. The van der Waals surface area contributed by atoms with Crippen LogP contribution in [-0.4, -0.2) is 17.4 Å². The summed E-state index contributed by atoms with van der Waals surface area (Å²) >= 11 is 0. The summed E-state index contributed by atoms with van der Waals surface area (Å²) in [5.41, 5.74) is -1.86. The van der Waals surface area contributed by atoms with Gasteiger partial charge in [0.2, 0.25) is 0 Å². The van der Waals surface area contributed by atoms with Gasteiger partial charge in [-0.1, -0.05) is 0 Å². The molecule has 4 nitrogen and oxygen atoms in total. The SMILES string of the molecule is CC(C)(C)NC1=NC(C)(c2cc(F)ccc2F)C(=O)N1. The number of hydrogen-bond acceptors (Lipinski definition) is 3. The van der Waals surface area contributed by atoms with Crippen molar-refractivity contribution in [1.29, 1.82) is 0 Å². The van der Waals surface area contributed by atoms with Crippen LogP contribution in [0.4, 0.5) is 8.78 Å². The highest BCUT2D eigenvalue weighted by Crippen LogP contribution is 2.31. The molecule has 2 rings (SSSR count). The van der Waals surface area contributed by atoms with Crippen molar-refractivity contribution in [3.05, 3.63) is 35.4 Å². The highest BCUT2D eigenvalue weighted by Gasteiger charge is 2.43. The van der Waals surface area contributed by atoms with Crippen molar-refractivity contribution in [2.24, 2.45) is 4.99 Å². The molecule has 20 heavy (non-hydrogen) atoms. The molecule has 1 aromatic rings. The van der Waals surface area contributed by atoms with Gasteiger partial charge in [-0.25, -0.2) is 13.8 Å². The number of amides is 1. The molecule has 1 atom stereocenters. The van der Waals surface area contributed by atoms with Crippen LogP contribution in [0.25, 0.3) is 0 Å². The first kappa shape index (κ1) is 14.4. The molecule has 2 N–H and O–H groups in total. The molecular weight excluding hydrogens is 264 g/mol. The Morgan fingerprint density at radius 2 is 1.95 bits per heavy atom. The number of halogens is 2. The molecule has 1 aliphatic heterocycles. The summed E-state index contributed by atoms with van der Waals surface area (Å²) in [6.07, 6.45) is 0. The van der Waals surface area contributed by atoms with Crippen molar-refractivity contribution < 1.29 is 13.6 Å². The fourth-order valence-electron chi connectivity index (χ4n) is 2.00. The first-order chi connectivity index (χ1) is 9.12. The topological polar surface area (TPSA) is 53.5 Å². The Kier molecular flexibility index (Phi) is 3.28. The van der Waals surface area contributed by atoms with E-state index in [0.717, 1.165) is 18.2 Å². The largest absolute Gasteiger partial charge is 0.351 e. The monoisotopic (exact) mass is 281 g/mol. The number of carbonyl (C=O) groups excluding carboxylic acids is 1. The van der Waals surface area contributed by atoms with E-state index in [1.54, 1.807) is 0 Å². The lowest BCUT2D eigenvalue weighted by Gasteiger charge is -2.21. The zero-order valence-electron chi connectivity index (χ0n) is 11.8. The van der Waals surface area contributed by atoms with Crippen LogP contribution < -0.4 is 10.6 Å². The van der Waals surface area contributed by atoms with Crippen molar-refractivity contribution in [3.63, 3.8) is 0 Å². The van der Waals surface area contributed by atoms with Crippen molar-refractivity contribution >= 4 is 11.9 Å². The minimum absolute atomic E-state index is 0.0827. The number of rotatable bonds is 1. The number of hydrogen-bond donors (Lipinski definition) is 2. The quantitative estimate of drug-likeness (QED) is 0.828. The zero-order valence-corrected chi connectivity index (χ0v) is 11.8. The average Bonchev–Trinajstić information content (AvgIpc) is 2.56. The number of guanidine groups is 1. The Morgan fingerprint density at radius 3 is 2.55 bits per heavy atom. The molecule has 0 fully saturated rings. The van der Waals surface area contributed by atoms with E-state index in [2.05, 4.69) is 15.6 Å². The Labute approximate surface area is 116 Å². The smallest absolute Gasteiger partial charge is 0.259 e. The lowest BCUT2D eigenvalue weighted by Crippen LogP contribution is -2.47. The third-order valence-electron chi connectivity index (χ3n) is 2.96. The molecule has 0 spiro atoms. The van der Waals surface area contributed by atoms with Crippen LogP contribution in [-0.2, 0) is 10.3 Å². The molecule has 0 saturated heterocycles. The second-order valence-electron chi connectivity index (χ2n) is 5.99.